The first-order valence-corrected chi connectivity index (χ1v) is 4.52. The van der Waals surface area contributed by atoms with E-state index in [1.807, 2.05) is 6.07 Å². The number of anilines is 1. The predicted octanol–water partition coefficient (Wildman–Crippen LogP) is 1.23. The minimum absolute atomic E-state index is 0.223. The van der Waals surface area contributed by atoms with E-state index in [1.54, 1.807) is 18.2 Å². The lowest BCUT2D eigenvalue weighted by Crippen LogP contribution is -2.24. The van der Waals surface area contributed by atoms with Crippen molar-refractivity contribution in [3.8, 4) is 5.75 Å². The lowest BCUT2D eigenvalue weighted by atomic mass is 10.3. The zero-order valence-corrected chi connectivity index (χ0v) is 7.73. The molecule has 0 atom stereocenters. The van der Waals surface area contributed by atoms with E-state index in [1.165, 1.54) is 0 Å². The van der Waals surface area contributed by atoms with Gasteiger partial charge in [-0.1, -0.05) is 12.1 Å². The van der Waals surface area contributed by atoms with Crippen molar-refractivity contribution in [2.75, 3.05) is 25.1 Å². The molecule has 0 radical (unpaired) electrons. The van der Waals surface area contributed by atoms with Gasteiger partial charge in [-0.15, -0.1) is 0 Å². The van der Waals surface area contributed by atoms with Crippen LogP contribution >= 0.6 is 0 Å². The van der Waals surface area contributed by atoms with Gasteiger partial charge < -0.3 is 15.2 Å². The molecule has 2 N–H and O–H groups in total. The van der Waals surface area contributed by atoms with Gasteiger partial charge in [0.05, 0.1) is 18.8 Å². The number of amidine groups is 1. The lowest BCUT2D eigenvalue weighted by molar-refractivity contribution is 0.171. The van der Waals surface area contributed by atoms with Crippen molar-refractivity contribution >= 4 is 11.5 Å². The third-order valence-electron chi connectivity index (χ3n) is 1.96. The van der Waals surface area contributed by atoms with Crippen LogP contribution in [0.3, 0.4) is 0 Å². The van der Waals surface area contributed by atoms with Gasteiger partial charge in [0.25, 0.3) is 0 Å². The average molecular weight is 192 g/mol. The number of hydrogen-bond donors (Lipinski definition) is 2. The van der Waals surface area contributed by atoms with Crippen molar-refractivity contribution in [3.63, 3.8) is 0 Å². The number of aliphatic imine (C=N–C) groups is 1. The molecule has 1 aliphatic heterocycles. The second-order valence-corrected chi connectivity index (χ2v) is 3.02. The molecule has 0 saturated heterocycles. The minimum Gasteiger partial charge on any atom is -0.506 e. The van der Waals surface area contributed by atoms with Crippen molar-refractivity contribution < 1.29 is 9.84 Å². The highest BCUT2D eigenvalue weighted by molar-refractivity contribution is 5.97. The summed E-state index contributed by atoms with van der Waals surface area (Å²) in [6.45, 7) is 1.83. The number of phenolic OH excluding ortho intramolecular Hbond substituents is 1. The second kappa shape index (κ2) is 4.11. The summed E-state index contributed by atoms with van der Waals surface area (Å²) in [7, 11) is 0. The van der Waals surface area contributed by atoms with Crippen molar-refractivity contribution in [3.05, 3.63) is 24.3 Å². The van der Waals surface area contributed by atoms with Crippen LogP contribution in [0.25, 0.3) is 0 Å². The third-order valence-corrected chi connectivity index (χ3v) is 1.96. The van der Waals surface area contributed by atoms with Crippen LogP contribution in [0.5, 0.6) is 5.75 Å². The van der Waals surface area contributed by atoms with Gasteiger partial charge in [0.15, 0.2) is 0 Å². The molecule has 1 aliphatic rings. The number of nitrogens with zero attached hydrogens (tertiary/aromatic N) is 1. The lowest BCUT2D eigenvalue weighted by Gasteiger charge is -2.15. The van der Waals surface area contributed by atoms with Crippen molar-refractivity contribution in [1.29, 1.82) is 0 Å². The van der Waals surface area contributed by atoms with Gasteiger partial charge in [0.1, 0.15) is 18.2 Å². The fourth-order valence-electron chi connectivity index (χ4n) is 1.27. The molecular formula is C10H12N2O2. The van der Waals surface area contributed by atoms with Gasteiger partial charge >= 0.3 is 0 Å². The average Bonchev–Trinajstić information content (AvgIpc) is 2.23. The molecular weight excluding hydrogens is 180 g/mol. The first-order valence-electron chi connectivity index (χ1n) is 4.52. The Morgan fingerprint density at radius 1 is 1.36 bits per heavy atom. The Morgan fingerprint density at radius 3 is 2.93 bits per heavy atom. The van der Waals surface area contributed by atoms with E-state index in [-0.39, 0.29) is 5.75 Å². The third kappa shape index (κ3) is 2.03. The molecule has 74 valence electrons. The second-order valence-electron chi connectivity index (χ2n) is 3.02. The zero-order chi connectivity index (χ0) is 9.80. The van der Waals surface area contributed by atoms with Crippen molar-refractivity contribution in [1.82, 2.24) is 0 Å². The Balaban J connectivity index is 2.10. The van der Waals surface area contributed by atoms with Gasteiger partial charge in [-0.3, -0.25) is 4.99 Å². The number of ether oxygens (including phenoxy) is 1. The first-order chi connectivity index (χ1) is 6.86. The van der Waals surface area contributed by atoms with Gasteiger partial charge in [-0.2, -0.15) is 0 Å². The predicted molar refractivity (Wildman–Crippen MR) is 54.9 cm³/mol. The Labute approximate surface area is 82.2 Å². The van der Waals surface area contributed by atoms with Gasteiger partial charge in [0.2, 0.25) is 0 Å². The molecule has 1 heterocycles. The Bertz CT molecular complexity index is 350. The molecule has 0 spiro atoms. The van der Waals surface area contributed by atoms with Crippen LogP contribution in [-0.4, -0.2) is 30.7 Å². The minimum atomic E-state index is 0.223. The molecule has 0 amide bonds. The molecule has 0 bridgehead atoms. The molecule has 1 aromatic rings. The maximum absolute atomic E-state index is 9.48. The number of rotatable bonds is 1. The highest BCUT2D eigenvalue weighted by Gasteiger charge is 2.06. The molecule has 0 fully saturated rings. The van der Waals surface area contributed by atoms with Crippen LogP contribution in [0.2, 0.25) is 0 Å². The van der Waals surface area contributed by atoms with Crippen molar-refractivity contribution in [2.24, 2.45) is 4.99 Å². The Morgan fingerprint density at radius 2 is 2.21 bits per heavy atom. The molecule has 0 saturated carbocycles. The Hall–Kier alpha value is -1.55. The molecule has 4 heteroatoms. The quantitative estimate of drug-likeness (QED) is 0.658. The Kier molecular flexibility index (Phi) is 2.65. The molecule has 0 aromatic heterocycles. The molecule has 1 aromatic carbocycles. The van der Waals surface area contributed by atoms with E-state index in [0.29, 0.717) is 25.4 Å². The summed E-state index contributed by atoms with van der Waals surface area (Å²) in [5.74, 6) is 0.985. The first kappa shape index (κ1) is 9.02. The van der Waals surface area contributed by atoms with Crippen LogP contribution in [0.1, 0.15) is 0 Å². The fourth-order valence-corrected chi connectivity index (χ4v) is 1.27. The molecule has 0 unspecified atom stereocenters. The highest BCUT2D eigenvalue weighted by Crippen LogP contribution is 2.21. The van der Waals surface area contributed by atoms with E-state index >= 15 is 0 Å². The molecule has 2 rings (SSSR count). The van der Waals surface area contributed by atoms with E-state index in [4.69, 9.17) is 4.74 Å². The summed E-state index contributed by atoms with van der Waals surface area (Å²) in [6, 6.07) is 7.06. The maximum Gasteiger partial charge on any atom is 0.139 e. The number of aromatic hydroxyl groups is 1. The number of benzene rings is 1. The normalized spacial score (nSPS) is 16.1. The van der Waals surface area contributed by atoms with E-state index in [2.05, 4.69) is 10.3 Å². The summed E-state index contributed by atoms with van der Waals surface area (Å²) in [5.41, 5.74) is 0.664. The van der Waals surface area contributed by atoms with Gasteiger partial charge in [-0.25, -0.2) is 0 Å². The zero-order valence-electron chi connectivity index (χ0n) is 7.73. The smallest absolute Gasteiger partial charge is 0.139 e. The summed E-state index contributed by atoms with van der Waals surface area (Å²) >= 11 is 0. The van der Waals surface area contributed by atoms with Crippen LogP contribution in [0.4, 0.5) is 5.69 Å². The molecule has 0 aliphatic carbocycles. The molecule has 14 heavy (non-hydrogen) atoms. The van der Waals surface area contributed by atoms with Crippen LogP contribution in [-0.2, 0) is 4.74 Å². The van der Waals surface area contributed by atoms with E-state index < -0.39 is 0 Å². The topological polar surface area (TPSA) is 53.8 Å². The SMILES string of the molecule is Oc1ccccc1NC1=NCCOC1. The van der Waals surface area contributed by atoms with Crippen LogP contribution < -0.4 is 5.32 Å². The summed E-state index contributed by atoms with van der Waals surface area (Å²) in [6.07, 6.45) is 0. The van der Waals surface area contributed by atoms with Gasteiger partial charge in [0, 0.05) is 0 Å². The monoisotopic (exact) mass is 192 g/mol. The summed E-state index contributed by atoms with van der Waals surface area (Å²) < 4.78 is 5.22. The van der Waals surface area contributed by atoms with Crippen molar-refractivity contribution in [2.45, 2.75) is 0 Å². The number of phenols is 1. The van der Waals surface area contributed by atoms with Gasteiger partial charge in [-0.05, 0) is 12.1 Å². The summed E-state index contributed by atoms with van der Waals surface area (Å²) in [5, 5.41) is 12.5. The number of nitrogens with one attached hydrogen (secondary N) is 1. The highest BCUT2D eigenvalue weighted by atomic mass is 16.5. The summed E-state index contributed by atoms with van der Waals surface area (Å²) in [4.78, 5) is 4.24. The standard InChI is InChI=1S/C10H12N2O2/c13-9-4-2-1-3-8(9)12-10-7-14-6-5-11-10/h1-4,13H,5-7H2,(H,11,12). The van der Waals surface area contributed by atoms with E-state index in [0.717, 1.165) is 5.84 Å². The largest absolute Gasteiger partial charge is 0.506 e. The van der Waals surface area contributed by atoms with Crippen LogP contribution in [0.15, 0.2) is 29.3 Å². The van der Waals surface area contributed by atoms with Crippen LogP contribution in [0, 0.1) is 0 Å². The fraction of sp³-hybridized carbons (Fsp3) is 0.300. The number of para-hydroxylation sites is 2. The number of hydrogen-bond acceptors (Lipinski definition) is 4. The van der Waals surface area contributed by atoms with E-state index in [9.17, 15) is 5.11 Å². The molecule has 4 nitrogen and oxygen atoms in total. The maximum atomic E-state index is 9.48.